The van der Waals surface area contributed by atoms with Gasteiger partial charge in [-0.3, -0.25) is 0 Å². The van der Waals surface area contributed by atoms with E-state index >= 15 is 0 Å². The Balaban J connectivity index is 2.31. The molecule has 2 saturated heterocycles. The molecule has 2 aliphatic heterocycles. The highest BCUT2D eigenvalue weighted by Crippen LogP contribution is 2.44. The monoisotopic (exact) mass is 232 g/mol. The molecule has 5 heteroatoms. The van der Waals surface area contributed by atoms with E-state index in [2.05, 4.69) is 0 Å². The fourth-order valence-electron chi connectivity index (χ4n) is 2.59. The molecular formula is C11H20O5. The fraction of sp³-hybridized carbons (Fsp3) is 1.00. The van der Waals surface area contributed by atoms with Crippen LogP contribution in [0.15, 0.2) is 0 Å². The average molecular weight is 232 g/mol. The Morgan fingerprint density at radius 2 is 1.88 bits per heavy atom. The number of fused-ring (bicyclic) bond motifs is 1. The average Bonchev–Trinajstić information content (AvgIpc) is 2.44. The second-order valence-electron chi connectivity index (χ2n) is 5.11. The number of methoxy groups -OCH3 is 1. The summed E-state index contributed by atoms with van der Waals surface area (Å²) in [6.45, 7) is 7.27. The van der Waals surface area contributed by atoms with Gasteiger partial charge in [-0.25, -0.2) is 0 Å². The lowest BCUT2D eigenvalue weighted by Crippen LogP contribution is -2.63. The minimum absolute atomic E-state index is 0.344. The van der Waals surface area contributed by atoms with Gasteiger partial charge in [0.25, 0.3) is 0 Å². The number of ether oxygens (including phenoxy) is 4. The maximum Gasteiger partial charge on any atom is 0.186 e. The molecule has 2 rings (SSSR count). The minimum atomic E-state index is -0.790. The fourth-order valence-corrected chi connectivity index (χ4v) is 2.59. The van der Waals surface area contributed by atoms with Crippen LogP contribution in [0.25, 0.3) is 0 Å². The van der Waals surface area contributed by atoms with Crippen LogP contribution in [0.1, 0.15) is 27.7 Å². The molecule has 0 saturated carbocycles. The van der Waals surface area contributed by atoms with Crippen molar-refractivity contribution in [2.75, 3.05) is 7.11 Å². The summed E-state index contributed by atoms with van der Waals surface area (Å²) in [7, 11) is 1.56. The molecule has 5 nitrogen and oxygen atoms in total. The van der Waals surface area contributed by atoms with Crippen molar-refractivity contribution in [1.29, 1.82) is 0 Å². The van der Waals surface area contributed by atoms with E-state index in [-0.39, 0.29) is 6.10 Å². The van der Waals surface area contributed by atoms with Crippen molar-refractivity contribution in [3.05, 3.63) is 0 Å². The second kappa shape index (κ2) is 3.65. The van der Waals surface area contributed by atoms with Gasteiger partial charge in [0.1, 0.15) is 17.8 Å². The second-order valence-corrected chi connectivity index (χ2v) is 5.11. The van der Waals surface area contributed by atoms with E-state index in [1.54, 1.807) is 14.0 Å². The molecule has 1 N–H and O–H groups in total. The molecule has 0 amide bonds. The molecular weight excluding hydrogens is 212 g/mol. The van der Waals surface area contributed by atoms with Gasteiger partial charge in [-0.15, -0.1) is 0 Å². The molecule has 94 valence electrons. The maximum absolute atomic E-state index is 10.2. The number of rotatable bonds is 1. The first-order chi connectivity index (χ1) is 7.30. The Morgan fingerprint density at radius 1 is 1.25 bits per heavy atom. The lowest BCUT2D eigenvalue weighted by Gasteiger charge is -2.44. The Hall–Kier alpha value is -0.200. The Kier molecular flexibility index (Phi) is 2.79. The normalized spacial score (nSPS) is 51.4. The number of hydrogen-bond donors (Lipinski definition) is 1. The molecule has 2 fully saturated rings. The van der Waals surface area contributed by atoms with E-state index in [1.165, 1.54) is 0 Å². The molecule has 0 aromatic carbocycles. The van der Waals surface area contributed by atoms with Gasteiger partial charge in [0.2, 0.25) is 0 Å². The van der Waals surface area contributed by atoms with Crippen molar-refractivity contribution in [2.45, 2.75) is 63.7 Å². The molecule has 0 aromatic rings. The molecule has 0 bridgehead atoms. The predicted molar refractivity (Wildman–Crippen MR) is 55.8 cm³/mol. The van der Waals surface area contributed by atoms with Gasteiger partial charge in [0.15, 0.2) is 12.1 Å². The smallest absolute Gasteiger partial charge is 0.186 e. The summed E-state index contributed by atoms with van der Waals surface area (Å²) in [5, 5.41) is 10.2. The summed E-state index contributed by atoms with van der Waals surface area (Å²) in [4.78, 5) is 0. The highest BCUT2D eigenvalue weighted by molar-refractivity contribution is 5.04. The third-order valence-corrected chi connectivity index (χ3v) is 3.30. The first-order valence-corrected chi connectivity index (χ1v) is 5.54. The molecule has 0 aromatic heterocycles. The van der Waals surface area contributed by atoms with E-state index in [1.807, 2.05) is 20.8 Å². The zero-order valence-electron chi connectivity index (χ0n) is 10.4. The van der Waals surface area contributed by atoms with Gasteiger partial charge in [-0.2, -0.15) is 0 Å². The Morgan fingerprint density at radius 3 is 2.44 bits per heavy atom. The molecule has 2 heterocycles. The minimum Gasteiger partial charge on any atom is -0.387 e. The molecule has 5 atom stereocenters. The van der Waals surface area contributed by atoms with Crippen molar-refractivity contribution in [1.82, 2.24) is 0 Å². The van der Waals surface area contributed by atoms with Crippen molar-refractivity contribution in [3.63, 3.8) is 0 Å². The quantitative estimate of drug-likeness (QED) is 0.719. The largest absolute Gasteiger partial charge is 0.387 e. The van der Waals surface area contributed by atoms with Crippen LogP contribution >= 0.6 is 0 Å². The van der Waals surface area contributed by atoms with Crippen LogP contribution in [0.4, 0.5) is 0 Å². The van der Waals surface area contributed by atoms with Gasteiger partial charge < -0.3 is 24.1 Å². The maximum atomic E-state index is 10.2. The van der Waals surface area contributed by atoms with Crippen LogP contribution < -0.4 is 0 Å². The molecule has 0 unspecified atom stereocenters. The first kappa shape index (κ1) is 12.3. The Bertz CT molecular complexity index is 280. The van der Waals surface area contributed by atoms with Crippen LogP contribution in [0, 0.1) is 0 Å². The van der Waals surface area contributed by atoms with Gasteiger partial charge >= 0.3 is 0 Å². The number of aliphatic hydroxyl groups excluding tert-OH is 1. The lowest BCUT2D eigenvalue weighted by molar-refractivity contribution is -0.285. The number of aliphatic hydroxyl groups is 1. The SMILES string of the molecule is CO[C@@H]1O[C@@H](C)[C@@H](O)[C@@]2(C)OC(C)(C)O[C@@H]12. The third-order valence-electron chi connectivity index (χ3n) is 3.30. The van der Waals surface area contributed by atoms with Crippen LogP contribution in [-0.4, -0.2) is 48.2 Å². The molecule has 0 aliphatic carbocycles. The van der Waals surface area contributed by atoms with E-state index in [9.17, 15) is 5.11 Å². The summed E-state index contributed by atoms with van der Waals surface area (Å²) in [6.07, 6.45) is -2.00. The van der Waals surface area contributed by atoms with Gasteiger partial charge in [-0.05, 0) is 27.7 Å². The summed E-state index contributed by atoms with van der Waals surface area (Å²) < 4.78 is 22.4. The van der Waals surface area contributed by atoms with Crippen LogP contribution in [0.5, 0.6) is 0 Å². The van der Waals surface area contributed by atoms with Crippen molar-refractivity contribution in [2.24, 2.45) is 0 Å². The van der Waals surface area contributed by atoms with Gasteiger partial charge in [0, 0.05) is 7.11 Å². The highest BCUT2D eigenvalue weighted by atomic mass is 16.8. The lowest BCUT2D eigenvalue weighted by atomic mass is 9.86. The summed E-state index contributed by atoms with van der Waals surface area (Å²) in [5.41, 5.74) is -0.790. The number of hydrogen-bond acceptors (Lipinski definition) is 5. The zero-order chi connectivity index (χ0) is 12.1. The summed E-state index contributed by atoms with van der Waals surface area (Å²) in [6, 6.07) is 0. The van der Waals surface area contributed by atoms with Crippen molar-refractivity contribution in [3.8, 4) is 0 Å². The van der Waals surface area contributed by atoms with Crippen LogP contribution in [-0.2, 0) is 18.9 Å². The van der Waals surface area contributed by atoms with Crippen molar-refractivity contribution < 1.29 is 24.1 Å². The van der Waals surface area contributed by atoms with E-state index in [0.717, 1.165) is 0 Å². The van der Waals surface area contributed by atoms with E-state index < -0.39 is 29.9 Å². The topological polar surface area (TPSA) is 57.2 Å². The van der Waals surface area contributed by atoms with E-state index in [0.29, 0.717) is 0 Å². The summed E-state index contributed by atoms with van der Waals surface area (Å²) >= 11 is 0. The molecule has 2 aliphatic rings. The molecule has 16 heavy (non-hydrogen) atoms. The molecule has 0 radical (unpaired) electrons. The molecule has 0 spiro atoms. The van der Waals surface area contributed by atoms with Crippen LogP contribution in [0.3, 0.4) is 0 Å². The predicted octanol–water partition coefficient (Wildman–Crippen LogP) is 0.649. The van der Waals surface area contributed by atoms with Gasteiger partial charge in [-0.1, -0.05) is 0 Å². The summed E-state index contributed by atoms with van der Waals surface area (Å²) in [5.74, 6) is -0.732. The Labute approximate surface area is 95.6 Å². The van der Waals surface area contributed by atoms with Crippen LogP contribution in [0.2, 0.25) is 0 Å². The van der Waals surface area contributed by atoms with Crippen molar-refractivity contribution >= 4 is 0 Å². The van der Waals surface area contributed by atoms with Gasteiger partial charge in [0.05, 0.1) is 6.10 Å². The third kappa shape index (κ3) is 1.67. The zero-order valence-corrected chi connectivity index (χ0v) is 10.4. The van der Waals surface area contributed by atoms with E-state index in [4.69, 9.17) is 18.9 Å². The standard InChI is InChI=1S/C11H20O5/c1-6-7(12)11(4)8(9(13-5)14-6)15-10(2,3)16-11/h6-9,12H,1-5H3/t6-,7+,8-,9+,11+/m0/s1. The highest BCUT2D eigenvalue weighted by Gasteiger charge is 2.62. The first-order valence-electron chi connectivity index (χ1n) is 5.54.